The number of anilines is 1. The molecule has 0 unspecified atom stereocenters. The van der Waals surface area contributed by atoms with E-state index < -0.39 is 0 Å². The van der Waals surface area contributed by atoms with Gasteiger partial charge in [0.05, 0.1) is 19.3 Å². The van der Waals surface area contributed by atoms with Crippen molar-refractivity contribution in [2.24, 2.45) is 0 Å². The van der Waals surface area contributed by atoms with Crippen LogP contribution >= 0.6 is 0 Å². The smallest absolute Gasteiger partial charge is 0.275 e. The van der Waals surface area contributed by atoms with E-state index in [9.17, 15) is 9.59 Å². The van der Waals surface area contributed by atoms with Gasteiger partial charge in [0.1, 0.15) is 18.6 Å². The van der Waals surface area contributed by atoms with E-state index in [0.29, 0.717) is 55.0 Å². The van der Waals surface area contributed by atoms with Crippen molar-refractivity contribution in [2.75, 3.05) is 59.1 Å². The first kappa shape index (κ1) is 20.9. The number of methoxy groups -OCH3 is 2. The highest BCUT2D eigenvalue weighted by Gasteiger charge is 2.26. The third-order valence-corrected chi connectivity index (χ3v) is 5.03. The maximum atomic E-state index is 12.6. The summed E-state index contributed by atoms with van der Waals surface area (Å²) in [4.78, 5) is 33.0. The highest BCUT2D eigenvalue weighted by atomic mass is 16.7. The summed E-state index contributed by atoms with van der Waals surface area (Å²) in [5.41, 5.74) is 0.775. The van der Waals surface area contributed by atoms with Crippen LogP contribution in [0.4, 0.5) is 5.69 Å². The first-order valence-corrected chi connectivity index (χ1v) is 9.80. The number of rotatable bonds is 7. The van der Waals surface area contributed by atoms with Gasteiger partial charge in [0.2, 0.25) is 18.6 Å². The minimum atomic E-state index is -0.194. The molecule has 0 saturated carbocycles. The van der Waals surface area contributed by atoms with Gasteiger partial charge in [-0.05, 0) is 0 Å². The zero-order chi connectivity index (χ0) is 21.8. The van der Waals surface area contributed by atoms with Gasteiger partial charge in [-0.25, -0.2) is 4.98 Å². The molecule has 2 amide bonds. The summed E-state index contributed by atoms with van der Waals surface area (Å²) in [6.07, 6.45) is 1.34. The third kappa shape index (κ3) is 4.72. The standard InChI is InChI=1S/C20H24N4O7/c1-27-11-19-22-14(10-29-19)20(26)24-5-3-23(4-6-24)9-18(25)21-13-7-16-17(31-12-30-16)8-15(13)28-2/h7-8,10H,3-6,9,11-12H2,1-2H3,(H,21,25). The van der Waals surface area contributed by atoms with Gasteiger partial charge in [-0.3, -0.25) is 14.5 Å². The molecule has 2 aromatic rings. The normalized spacial score (nSPS) is 15.7. The van der Waals surface area contributed by atoms with Crippen LogP contribution in [-0.4, -0.2) is 80.3 Å². The second-order valence-electron chi connectivity index (χ2n) is 7.08. The molecule has 11 heteroatoms. The molecule has 0 spiro atoms. The molecule has 0 atom stereocenters. The fourth-order valence-corrected chi connectivity index (χ4v) is 3.45. The van der Waals surface area contributed by atoms with E-state index in [1.165, 1.54) is 20.5 Å². The number of hydrogen-bond acceptors (Lipinski definition) is 9. The topological polar surface area (TPSA) is 116 Å². The lowest BCUT2D eigenvalue weighted by atomic mass is 10.2. The summed E-state index contributed by atoms with van der Waals surface area (Å²) in [5, 5.41) is 2.86. The van der Waals surface area contributed by atoms with Gasteiger partial charge in [-0.2, -0.15) is 0 Å². The molecule has 2 aliphatic heterocycles. The van der Waals surface area contributed by atoms with Crippen LogP contribution in [0, 0.1) is 0 Å². The Morgan fingerprint density at radius 1 is 1.13 bits per heavy atom. The average Bonchev–Trinajstić information content (AvgIpc) is 3.42. The zero-order valence-corrected chi connectivity index (χ0v) is 17.4. The van der Waals surface area contributed by atoms with E-state index >= 15 is 0 Å². The molecule has 1 aromatic carbocycles. The fourth-order valence-electron chi connectivity index (χ4n) is 3.45. The van der Waals surface area contributed by atoms with Crippen LogP contribution < -0.4 is 19.5 Å². The first-order valence-electron chi connectivity index (χ1n) is 9.80. The van der Waals surface area contributed by atoms with Crippen LogP contribution in [0.2, 0.25) is 0 Å². The maximum Gasteiger partial charge on any atom is 0.275 e. The number of oxazole rings is 1. The molecule has 1 N–H and O–H groups in total. The van der Waals surface area contributed by atoms with E-state index in [2.05, 4.69) is 10.3 Å². The molecule has 1 saturated heterocycles. The summed E-state index contributed by atoms with van der Waals surface area (Å²) in [5.74, 6) is 1.62. The van der Waals surface area contributed by atoms with Crippen molar-refractivity contribution >= 4 is 17.5 Å². The maximum absolute atomic E-state index is 12.6. The highest BCUT2D eigenvalue weighted by molar-refractivity contribution is 5.94. The van der Waals surface area contributed by atoms with Crippen LogP contribution in [0.3, 0.4) is 0 Å². The van der Waals surface area contributed by atoms with Crippen LogP contribution in [-0.2, 0) is 16.1 Å². The average molecular weight is 432 g/mol. The van der Waals surface area contributed by atoms with Crippen molar-refractivity contribution in [2.45, 2.75) is 6.61 Å². The van der Waals surface area contributed by atoms with Crippen molar-refractivity contribution in [3.05, 3.63) is 30.0 Å². The van der Waals surface area contributed by atoms with Crippen LogP contribution in [0.15, 0.2) is 22.8 Å². The largest absolute Gasteiger partial charge is 0.494 e. The van der Waals surface area contributed by atoms with Crippen molar-refractivity contribution < 1.29 is 33.0 Å². The number of aromatic nitrogens is 1. The minimum Gasteiger partial charge on any atom is -0.494 e. The van der Waals surface area contributed by atoms with Crippen LogP contribution in [0.5, 0.6) is 17.2 Å². The molecule has 4 rings (SSSR count). The minimum absolute atomic E-state index is 0.140. The van der Waals surface area contributed by atoms with Gasteiger partial charge in [0, 0.05) is 45.4 Å². The Morgan fingerprint density at radius 3 is 2.58 bits per heavy atom. The summed E-state index contributed by atoms with van der Waals surface area (Å²) >= 11 is 0. The highest BCUT2D eigenvalue weighted by Crippen LogP contribution is 2.40. The van der Waals surface area contributed by atoms with E-state index in [-0.39, 0.29) is 37.5 Å². The van der Waals surface area contributed by atoms with E-state index in [0.717, 1.165) is 0 Å². The second kappa shape index (κ2) is 9.23. The van der Waals surface area contributed by atoms with E-state index in [4.69, 9.17) is 23.4 Å². The van der Waals surface area contributed by atoms with Gasteiger partial charge in [0.25, 0.3) is 5.91 Å². The lowest BCUT2D eigenvalue weighted by Crippen LogP contribution is -2.50. The Kier molecular flexibility index (Phi) is 6.23. The van der Waals surface area contributed by atoms with Gasteiger partial charge in [-0.1, -0.05) is 0 Å². The molecule has 11 nitrogen and oxygen atoms in total. The van der Waals surface area contributed by atoms with Crippen LogP contribution in [0.25, 0.3) is 0 Å². The fraction of sp³-hybridized carbons (Fsp3) is 0.450. The Hall–Kier alpha value is -3.31. The number of hydrogen-bond donors (Lipinski definition) is 1. The summed E-state index contributed by atoms with van der Waals surface area (Å²) in [6.45, 7) is 2.67. The number of fused-ring (bicyclic) bond motifs is 1. The Labute approximate surface area is 178 Å². The quantitative estimate of drug-likeness (QED) is 0.683. The number of amides is 2. The second-order valence-corrected chi connectivity index (χ2v) is 7.08. The molecule has 166 valence electrons. The van der Waals surface area contributed by atoms with E-state index in [1.54, 1.807) is 17.0 Å². The molecular weight excluding hydrogens is 408 g/mol. The number of piperazine rings is 1. The van der Waals surface area contributed by atoms with Gasteiger partial charge >= 0.3 is 0 Å². The molecule has 1 fully saturated rings. The van der Waals surface area contributed by atoms with Gasteiger partial charge < -0.3 is 33.6 Å². The number of carbonyl (C=O) groups excluding carboxylic acids is 2. The first-order chi connectivity index (χ1) is 15.1. The van der Waals surface area contributed by atoms with Crippen molar-refractivity contribution in [3.8, 4) is 17.2 Å². The molecule has 1 aromatic heterocycles. The lowest BCUT2D eigenvalue weighted by molar-refractivity contribution is -0.117. The predicted octanol–water partition coefficient (Wildman–Crippen LogP) is 0.955. The number of carbonyl (C=O) groups is 2. The molecule has 0 radical (unpaired) electrons. The molecule has 31 heavy (non-hydrogen) atoms. The molecular formula is C20H24N4O7. The van der Waals surface area contributed by atoms with Crippen molar-refractivity contribution in [3.63, 3.8) is 0 Å². The summed E-state index contributed by atoms with van der Waals surface area (Å²) in [6, 6.07) is 3.37. The monoisotopic (exact) mass is 432 g/mol. The van der Waals surface area contributed by atoms with Crippen molar-refractivity contribution in [1.29, 1.82) is 0 Å². The Balaban J connectivity index is 1.29. The molecule has 0 aliphatic carbocycles. The third-order valence-electron chi connectivity index (χ3n) is 5.03. The zero-order valence-electron chi connectivity index (χ0n) is 17.4. The van der Waals surface area contributed by atoms with Gasteiger partial charge in [0.15, 0.2) is 17.2 Å². The van der Waals surface area contributed by atoms with Crippen molar-refractivity contribution in [1.82, 2.24) is 14.8 Å². The predicted molar refractivity (Wildman–Crippen MR) is 107 cm³/mol. The molecule has 0 bridgehead atoms. The Morgan fingerprint density at radius 2 is 1.87 bits per heavy atom. The SMILES string of the molecule is COCc1nc(C(=O)N2CCN(CC(=O)Nc3cc4c(cc3OC)OCO4)CC2)co1. The van der Waals surface area contributed by atoms with Gasteiger partial charge in [-0.15, -0.1) is 0 Å². The number of nitrogens with zero attached hydrogens (tertiary/aromatic N) is 3. The molecule has 2 aliphatic rings. The van der Waals surface area contributed by atoms with E-state index in [1.807, 2.05) is 4.90 Å². The summed E-state index contributed by atoms with van der Waals surface area (Å²) < 4.78 is 26.2. The Bertz CT molecular complexity index is 953. The number of nitrogens with one attached hydrogen (secondary N) is 1. The summed E-state index contributed by atoms with van der Waals surface area (Å²) in [7, 11) is 3.06. The number of ether oxygens (including phenoxy) is 4. The lowest BCUT2D eigenvalue weighted by Gasteiger charge is -2.33. The number of benzene rings is 1. The van der Waals surface area contributed by atoms with Crippen LogP contribution in [0.1, 0.15) is 16.4 Å². The molecule has 3 heterocycles.